The highest BCUT2D eigenvalue weighted by Crippen LogP contribution is 2.26. The molecule has 0 aromatic carbocycles. The second kappa shape index (κ2) is 6.46. The Morgan fingerprint density at radius 2 is 2.24 bits per heavy atom. The third-order valence-corrected chi connectivity index (χ3v) is 4.42. The van der Waals surface area contributed by atoms with E-state index in [0.29, 0.717) is 12.5 Å². The SMILES string of the molecule is NS(=O)NCCC1CCN(c2ncnc3cn[nH]c23)CC1. The molecule has 0 aliphatic carbocycles. The summed E-state index contributed by atoms with van der Waals surface area (Å²) in [6, 6.07) is 0. The van der Waals surface area contributed by atoms with Crippen molar-refractivity contribution in [3.63, 3.8) is 0 Å². The minimum atomic E-state index is -1.41. The monoisotopic (exact) mass is 309 g/mol. The summed E-state index contributed by atoms with van der Waals surface area (Å²) in [7, 11) is 0. The first-order chi connectivity index (χ1) is 10.2. The number of nitrogens with two attached hydrogens (primary N) is 1. The Balaban J connectivity index is 1.58. The molecule has 2 aromatic rings. The van der Waals surface area contributed by atoms with Gasteiger partial charge in [0.05, 0.1) is 6.20 Å². The Hall–Kier alpha value is -1.58. The van der Waals surface area contributed by atoms with Crippen molar-refractivity contribution in [2.75, 3.05) is 24.5 Å². The molecule has 1 saturated heterocycles. The van der Waals surface area contributed by atoms with Crippen LogP contribution in [0, 0.1) is 5.92 Å². The van der Waals surface area contributed by atoms with E-state index in [0.717, 1.165) is 49.2 Å². The Bertz CT molecular complexity index is 623. The van der Waals surface area contributed by atoms with Crippen LogP contribution in [0.5, 0.6) is 0 Å². The van der Waals surface area contributed by atoms with E-state index in [2.05, 4.69) is 29.8 Å². The molecule has 3 heterocycles. The summed E-state index contributed by atoms with van der Waals surface area (Å²) in [6.45, 7) is 2.62. The smallest absolute Gasteiger partial charge is 0.164 e. The Morgan fingerprint density at radius 1 is 1.43 bits per heavy atom. The zero-order chi connectivity index (χ0) is 14.7. The lowest BCUT2D eigenvalue weighted by Crippen LogP contribution is -2.35. The largest absolute Gasteiger partial charge is 0.355 e. The molecule has 0 spiro atoms. The van der Waals surface area contributed by atoms with Crippen LogP contribution in [-0.4, -0.2) is 44.0 Å². The van der Waals surface area contributed by atoms with Gasteiger partial charge in [-0.1, -0.05) is 0 Å². The van der Waals surface area contributed by atoms with Crippen LogP contribution in [0.3, 0.4) is 0 Å². The molecule has 114 valence electrons. The van der Waals surface area contributed by atoms with Gasteiger partial charge in [-0.25, -0.2) is 24.0 Å². The first-order valence-corrected chi connectivity index (χ1v) is 8.24. The zero-order valence-corrected chi connectivity index (χ0v) is 12.5. The molecule has 1 unspecified atom stereocenters. The first kappa shape index (κ1) is 14.4. The van der Waals surface area contributed by atoms with Crippen LogP contribution in [0.4, 0.5) is 5.82 Å². The summed E-state index contributed by atoms with van der Waals surface area (Å²) < 4.78 is 13.5. The normalized spacial score (nSPS) is 18.2. The Kier molecular flexibility index (Phi) is 4.42. The zero-order valence-electron chi connectivity index (χ0n) is 11.7. The van der Waals surface area contributed by atoms with E-state index in [1.165, 1.54) is 0 Å². The topological polar surface area (TPSA) is 113 Å². The second-order valence-electron chi connectivity index (χ2n) is 5.24. The molecule has 4 N–H and O–H groups in total. The quantitative estimate of drug-likeness (QED) is 0.724. The fraction of sp³-hybridized carbons (Fsp3) is 0.583. The van der Waals surface area contributed by atoms with E-state index >= 15 is 0 Å². The molecule has 0 radical (unpaired) electrons. The molecular weight excluding hydrogens is 290 g/mol. The third kappa shape index (κ3) is 3.36. The van der Waals surface area contributed by atoms with Gasteiger partial charge in [0.15, 0.2) is 17.0 Å². The molecule has 3 rings (SSSR count). The number of anilines is 1. The molecule has 9 heteroatoms. The van der Waals surface area contributed by atoms with E-state index < -0.39 is 11.2 Å². The molecule has 0 saturated carbocycles. The molecule has 2 aromatic heterocycles. The molecule has 1 atom stereocenters. The maximum absolute atomic E-state index is 10.8. The predicted molar refractivity (Wildman–Crippen MR) is 81.6 cm³/mol. The predicted octanol–water partition coefficient (Wildman–Crippen LogP) is 0.0864. The minimum absolute atomic E-state index is 0.636. The van der Waals surface area contributed by atoms with Gasteiger partial charge in [0.1, 0.15) is 17.4 Å². The highest BCUT2D eigenvalue weighted by molar-refractivity contribution is 7.80. The summed E-state index contributed by atoms with van der Waals surface area (Å²) in [5.41, 5.74) is 1.74. The molecule has 0 amide bonds. The molecule has 1 aliphatic heterocycles. The number of aromatic nitrogens is 4. The van der Waals surface area contributed by atoms with Crippen LogP contribution < -0.4 is 14.8 Å². The highest BCUT2D eigenvalue weighted by Gasteiger charge is 2.22. The van der Waals surface area contributed by atoms with Gasteiger partial charge in [-0.2, -0.15) is 5.10 Å². The van der Waals surface area contributed by atoms with Gasteiger partial charge in [0.25, 0.3) is 0 Å². The van der Waals surface area contributed by atoms with E-state index in [9.17, 15) is 4.21 Å². The number of piperidine rings is 1. The van der Waals surface area contributed by atoms with Crippen LogP contribution in [0.1, 0.15) is 19.3 Å². The number of H-pyrrole nitrogens is 1. The van der Waals surface area contributed by atoms with Crippen molar-refractivity contribution >= 4 is 28.0 Å². The van der Waals surface area contributed by atoms with Crippen molar-refractivity contribution in [1.82, 2.24) is 24.9 Å². The van der Waals surface area contributed by atoms with Gasteiger partial charge >= 0.3 is 0 Å². The van der Waals surface area contributed by atoms with E-state index in [-0.39, 0.29) is 0 Å². The lowest BCUT2D eigenvalue weighted by atomic mass is 9.93. The molecule has 8 nitrogen and oxygen atoms in total. The van der Waals surface area contributed by atoms with Crippen molar-refractivity contribution in [2.45, 2.75) is 19.3 Å². The van der Waals surface area contributed by atoms with Crippen LogP contribution in [0.2, 0.25) is 0 Å². The summed E-state index contributed by atoms with van der Waals surface area (Å²) >= 11 is -1.41. The Morgan fingerprint density at radius 3 is 3.00 bits per heavy atom. The van der Waals surface area contributed by atoms with E-state index in [1.54, 1.807) is 12.5 Å². The fourth-order valence-corrected chi connectivity index (χ4v) is 3.11. The van der Waals surface area contributed by atoms with Gasteiger partial charge in [-0.05, 0) is 25.2 Å². The Labute approximate surface area is 125 Å². The van der Waals surface area contributed by atoms with Crippen molar-refractivity contribution in [3.05, 3.63) is 12.5 Å². The number of nitrogens with one attached hydrogen (secondary N) is 2. The minimum Gasteiger partial charge on any atom is -0.355 e. The van der Waals surface area contributed by atoms with Gasteiger partial charge in [0.2, 0.25) is 0 Å². The standard InChI is InChI=1S/C12H19N7OS/c13-21(20)17-4-1-9-2-5-19(6-3-9)12-11-10(7-16-18-11)14-8-15-12/h7-9,17H,1-6,13H2,(H,16,18). The molecule has 1 fully saturated rings. The average Bonchev–Trinajstić information content (AvgIpc) is 2.96. The van der Waals surface area contributed by atoms with E-state index in [4.69, 9.17) is 5.14 Å². The third-order valence-electron chi connectivity index (χ3n) is 3.93. The number of nitrogens with zero attached hydrogens (tertiary/aromatic N) is 4. The van der Waals surface area contributed by atoms with Gasteiger partial charge < -0.3 is 4.90 Å². The van der Waals surface area contributed by atoms with Crippen LogP contribution in [0.25, 0.3) is 11.0 Å². The lowest BCUT2D eigenvalue weighted by Gasteiger charge is -2.32. The molecule has 1 aliphatic rings. The van der Waals surface area contributed by atoms with Gasteiger partial charge in [0, 0.05) is 19.6 Å². The number of hydrogen-bond donors (Lipinski definition) is 3. The van der Waals surface area contributed by atoms with Crippen LogP contribution in [0.15, 0.2) is 12.5 Å². The molecule has 21 heavy (non-hydrogen) atoms. The van der Waals surface area contributed by atoms with Crippen molar-refractivity contribution in [3.8, 4) is 0 Å². The highest BCUT2D eigenvalue weighted by atomic mass is 32.2. The second-order valence-corrected chi connectivity index (χ2v) is 6.12. The summed E-state index contributed by atoms with van der Waals surface area (Å²) in [5, 5.41) is 12.2. The van der Waals surface area contributed by atoms with Crippen molar-refractivity contribution < 1.29 is 4.21 Å². The summed E-state index contributed by atoms with van der Waals surface area (Å²) in [6.07, 6.45) is 6.49. The summed E-state index contributed by atoms with van der Waals surface area (Å²) in [4.78, 5) is 10.8. The maximum atomic E-state index is 10.8. The van der Waals surface area contributed by atoms with Gasteiger partial charge in [-0.15, -0.1) is 0 Å². The van der Waals surface area contributed by atoms with Crippen LogP contribution in [-0.2, 0) is 11.2 Å². The molecular formula is C12H19N7OS. The average molecular weight is 309 g/mol. The van der Waals surface area contributed by atoms with Crippen molar-refractivity contribution in [1.29, 1.82) is 0 Å². The van der Waals surface area contributed by atoms with Crippen molar-refractivity contribution in [2.24, 2.45) is 11.1 Å². The van der Waals surface area contributed by atoms with Crippen LogP contribution >= 0.6 is 0 Å². The molecule has 0 bridgehead atoms. The maximum Gasteiger partial charge on any atom is 0.164 e. The summed E-state index contributed by atoms with van der Waals surface area (Å²) in [5.74, 6) is 1.56. The number of hydrogen-bond acceptors (Lipinski definition) is 5. The number of aromatic amines is 1. The van der Waals surface area contributed by atoms with Gasteiger partial charge in [-0.3, -0.25) is 5.10 Å². The number of fused-ring (bicyclic) bond motifs is 1. The number of rotatable bonds is 5. The lowest BCUT2D eigenvalue weighted by molar-refractivity contribution is 0.382. The first-order valence-electron chi connectivity index (χ1n) is 7.02. The van der Waals surface area contributed by atoms with E-state index in [1.807, 2.05) is 0 Å². The fourth-order valence-electron chi connectivity index (χ4n) is 2.79.